The summed E-state index contributed by atoms with van der Waals surface area (Å²) in [5.74, 6) is -1.21. The van der Waals surface area contributed by atoms with Crippen LogP contribution >= 0.6 is 0 Å². The minimum absolute atomic E-state index is 0.132. The van der Waals surface area contributed by atoms with E-state index in [1.54, 1.807) is 4.90 Å². The van der Waals surface area contributed by atoms with E-state index in [9.17, 15) is 14.9 Å². The van der Waals surface area contributed by atoms with Crippen LogP contribution in [0.4, 0.5) is 11.4 Å². The number of morpholine rings is 1. The van der Waals surface area contributed by atoms with Crippen LogP contribution in [0.3, 0.4) is 0 Å². The molecular formula is C12H14N2O6. The monoisotopic (exact) mass is 282 g/mol. The average molecular weight is 282 g/mol. The van der Waals surface area contributed by atoms with Gasteiger partial charge in [-0.1, -0.05) is 0 Å². The largest absolute Gasteiger partial charge is 0.478 e. The lowest BCUT2D eigenvalue weighted by Crippen LogP contribution is -2.44. The molecule has 1 atom stereocenters. The van der Waals surface area contributed by atoms with Gasteiger partial charge >= 0.3 is 5.97 Å². The predicted octanol–water partition coefficient (Wildman–Crippen LogP) is 0.491. The molecule has 1 fully saturated rings. The second-order valence-corrected chi connectivity index (χ2v) is 4.39. The Morgan fingerprint density at radius 3 is 2.90 bits per heavy atom. The molecule has 0 radical (unpaired) electrons. The van der Waals surface area contributed by atoms with Crippen molar-refractivity contribution in [1.82, 2.24) is 0 Å². The van der Waals surface area contributed by atoms with Crippen molar-refractivity contribution < 1.29 is 24.7 Å². The minimum Gasteiger partial charge on any atom is -0.478 e. The quantitative estimate of drug-likeness (QED) is 0.610. The maximum atomic E-state index is 11.1. The van der Waals surface area contributed by atoms with E-state index >= 15 is 0 Å². The number of carboxylic acid groups (broad SMARTS) is 1. The third kappa shape index (κ3) is 2.86. The summed E-state index contributed by atoms with van der Waals surface area (Å²) in [5, 5.41) is 29.1. The minimum atomic E-state index is -1.21. The lowest BCUT2D eigenvalue weighted by Gasteiger charge is -2.33. The Kier molecular flexibility index (Phi) is 4.16. The maximum absolute atomic E-state index is 11.1. The van der Waals surface area contributed by atoms with E-state index in [1.165, 1.54) is 12.1 Å². The number of hydrogen-bond donors (Lipinski definition) is 2. The van der Waals surface area contributed by atoms with Crippen molar-refractivity contribution in [3.63, 3.8) is 0 Å². The molecule has 0 spiro atoms. The van der Waals surface area contributed by atoms with Crippen LogP contribution in [-0.2, 0) is 4.74 Å². The second kappa shape index (κ2) is 5.85. The van der Waals surface area contributed by atoms with E-state index in [0.717, 1.165) is 6.07 Å². The predicted molar refractivity (Wildman–Crippen MR) is 69.1 cm³/mol. The number of ether oxygens (including phenoxy) is 1. The Labute approximate surface area is 114 Å². The first-order valence-corrected chi connectivity index (χ1v) is 6.02. The van der Waals surface area contributed by atoms with Crippen molar-refractivity contribution in [3.8, 4) is 0 Å². The molecule has 0 aliphatic carbocycles. The fraction of sp³-hybridized carbons (Fsp3) is 0.417. The maximum Gasteiger partial charge on any atom is 0.335 e. The Morgan fingerprint density at radius 1 is 1.55 bits per heavy atom. The number of aliphatic hydroxyl groups is 1. The fourth-order valence-corrected chi connectivity index (χ4v) is 2.12. The van der Waals surface area contributed by atoms with Crippen LogP contribution in [0.25, 0.3) is 0 Å². The number of rotatable bonds is 4. The number of aromatic carboxylic acids is 1. The van der Waals surface area contributed by atoms with Gasteiger partial charge in [-0.2, -0.15) is 0 Å². The van der Waals surface area contributed by atoms with E-state index in [4.69, 9.17) is 14.9 Å². The Hall–Kier alpha value is -2.19. The van der Waals surface area contributed by atoms with Crippen LogP contribution in [0.5, 0.6) is 0 Å². The normalized spacial score (nSPS) is 18.9. The number of hydrogen-bond acceptors (Lipinski definition) is 6. The summed E-state index contributed by atoms with van der Waals surface area (Å²) in [6.45, 7) is 0.952. The third-order valence-corrected chi connectivity index (χ3v) is 3.10. The first kappa shape index (κ1) is 14.2. The van der Waals surface area contributed by atoms with Gasteiger partial charge in [0.25, 0.3) is 5.69 Å². The zero-order valence-corrected chi connectivity index (χ0v) is 10.6. The molecule has 20 heavy (non-hydrogen) atoms. The van der Waals surface area contributed by atoms with E-state index in [2.05, 4.69) is 0 Å². The van der Waals surface area contributed by atoms with Crippen LogP contribution in [0.2, 0.25) is 0 Å². The zero-order chi connectivity index (χ0) is 14.7. The van der Waals surface area contributed by atoms with E-state index in [1.807, 2.05) is 0 Å². The summed E-state index contributed by atoms with van der Waals surface area (Å²) >= 11 is 0. The fourth-order valence-electron chi connectivity index (χ4n) is 2.12. The SMILES string of the molecule is O=C(O)c1ccc(N2CCOC(CO)C2)c([N+](=O)[O-])c1. The topological polar surface area (TPSA) is 113 Å². The van der Waals surface area contributed by atoms with Crippen LogP contribution in [0.15, 0.2) is 18.2 Å². The zero-order valence-electron chi connectivity index (χ0n) is 10.6. The number of nitro groups is 1. The van der Waals surface area contributed by atoms with Gasteiger partial charge in [-0.05, 0) is 12.1 Å². The van der Waals surface area contributed by atoms with Crippen molar-refractivity contribution in [2.24, 2.45) is 0 Å². The summed E-state index contributed by atoms with van der Waals surface area (Å²) in [6, 6.07) is 3.79. The smallest absolute Gasteiger partial charge is 0.335 e. The van der Waals surface area contributed by atoms with Gasteiger partial charge in [0, 0.05) is 19.2 Å². The highest BCUT2D eigenvalue weighted by Gasteiger charge is 2.26. The highest BCUT2D eigenvalue weighted by molar-refractivity contribution is 5.89. The Bertz CT molecular complexity index is 533. The molecule has 8 nitrogen and oxygen atoms in total. The lowest BCUT2D eigenvalue weighted by atomic mass is 10.1. The van der Waals surface area contributed by atoms with Crippen molar-refractivity contribution in [3.05, 3.63) is 33.9 Å². The number of anilines is 1. The van der Waals surface area contributed by atoms with Crippen molar-refractivity contribution in [1.29, 1.82) is 0 Å². The summed E-state index contributed by atoms with van der Waals surface area (Å²) < 4.78 is 5.29. The Morgan fingerprint density at radius 2 is 2.30 bits per heavy atom. The molecule has 108 valence electrons. The molecule has 1 unspecified atom stereocenters. The first-order chi connectivity index (χ1) is 9.52. The summed E-state index contributed by atoms with van der Waals surface area (Å²) in [4.78, 5) is 23.1. The number of aliphatic hydroxyl groups excluding tert-OH is 1. The van der Waals surface area contributed by atoms with Gasteiger partial charge in [-0.25, -0.2) is 4.79 Å². The van der Waals surface area contributed by atoms with Crippen molar-refractivity contribution in [2.45, 2.75) is 6.10 Å². The molecule has 2 N–H and O–H groups in total. The molecule has 0 aromatic heterocycles. The molecule has 2 rings (SSSR count). The second-order valence-electron chi connectivity index (χ2n) is 4.39. The number of nitro benzene ring substituents is 1. The first-order valence-electron chi connectivity index (χ1n) is 6.02. The van der Waals surface area contributed by atoms with Crippen molar-refractivity contribution in [2.75, 3.05) is 31.2 Å². The van der Waals surface area contributed by atoms with Gasteiger partial charge < -0.3 is 19.8 Å². The van der Waals surface area contributed by atoms with Crippen LogP contribution in [0, 0.1) is 10.1 Å². The lowest BCUT2D eigenvalue weighted by molar-refractivity contribution is -0.384. The van der Waals surface area contributed by atoms with Gasteiger partial charge in [0.1, 0.15) is 5.69 Å². The standard InChI is InChI=1S/C12H14N2O6/c15-7-9-6-13(3-4-20-9)10-2-1-8(12(16)17)5-11(10)14(18)19/h1-2,5,9,15H,3-4,6-7H2,(H,16,17). The molecule has 0 amide bonds. The number of benzene rings is 1. The van der Waals surface area contributed by atoms with Gasteiger partial charge in [0.2, 0.25) is 0 Å². The van der Waals surface area contributed by atoms with Gasteiger partial charge in [-0.3, -0.25) is 10.1 Å². The molecule has 0 saturated carbocycles. The van der Waals surface area contributed by atoms with E-state index < -0.39 is 17.0 Å². The highest BCUT2D eigenvalue weighted by atomic mass is 16.6. The van der Waals surface area contributed by atoms with Crippen LogP contribution in [0.1, 0.15) is 10.4 Å². The number of carbonyl (C=O) groups is 1. The molecule has 1 aliphatic rings. The molecule has 1 aliphatic heterocycles. The third-order valence-electron chi connectivity index (χ3n) is 3.10. The van der Waals surface area contributed by atoms with Crippen molar-refractivity contribution >= 4 is 17.3 Å². The van der Waals surface area contributed by atoms with Gasteiger partial charge in [0.05, 0.1) is 29.8 Å². The van der Waals surface area contributed by atoms with E-state index in [0.29, 0.717) is 25.4 Å². The van der Waals surface area contributed by atoms with Gasteiger partial charge in [0.15, 0.2) is 0 Å². The average Bonchev–Trinajstić information content (AvgIpc) is 2.46. The Balaban J connectivity index is 2.35. The number of nitrogens with zero attached hydrogens (tertiary/aromatic N) is 2. The molecule has 1 heterocycles. The van der Waals surface area contributed by atoms with Crippen LogP contribution < -0.4 is 4.90 Å². The summed E-state index contributed by atoms with van der Waals surface area (Å²) in [6.07, 6.45) is -0.400. The summed E-state index contributed by atoms with van der Waals surface area (Å²) in [5.41, 5.74) is -0.0577. The molecule has 8 heteroatoms. The molecular weight excluding hydrogens is 268 g/mol. The molecule has 1 saturated heterocycles. The molecule has 0 bridgehead atoms. The van der Waals surface area contributed by atoms with E-state index in [-0.39, 0.29) is 17.9 Å². The summed E-state index contributed by atoms with van der Waals surface area (Å²) in [7, 11) is 0. The molecule has 1 aromatic rings. The number of carboxylic acids is 1. The van der Waals surface area contributed by atoms with Crippen LogP contribution in [-0.4, -0.2) is 53.5 Å². The molecule has 1 aromatic carbocycles. The highest BCUT2D eigenvalue weighted by Crippen LogP contribution is 2.30. The van der Waals surface area contributed by atoms with Gasteiger partial charge in [-0.15, -0.1) is 0 Å².